The summed E-state index contributed by atoms with van der Waals surface area (Å²) in [6, 6.07) is 22.7. The molecule has 2 aromatic heterocycles. The molecule has 1 aliphatic rings. The maximum absolute atomic E-state index is 12.8. The maximum Gasteiger partial charge on any atom is 0.226 e. The van der Waals surface area contributed by atoms with E-state index < -0.39 is 0 Å². The standard InChI is InChI=1S/C29H27ClN4O2S/c1-18-6-10-21(11-7-18)32-26(35)14-16-34-28(27(33-29(34)37)23-5-3-4-15-31-23)25-13-12-24(36-25)22-17-20(30)9-8-19(22)2/h3-13,15,17,27-28H,14,16H2,1-2H3,(H,32,35)(H,33,37)/t27-,28-/m1/s1. The number of furan rings is 1. The van der Waals surface area contributed by atoms with E-state index in [4.69, 9.17) is 28.2 Å². The van der Waals surface area contributed by atoms with Crippen molar-refractivity contribution in [1.82, 2.24) is 15.2 Å². The second-order valence-electron chi connectivity index (χ2n) is 9.15. The van der Waals surface area contributed by atoms with Crippen molar-refractivity contribution in [3.05, 3.63) is 107 Å². The molecule has 8 heteroatoms. The van der Waals surface area contributed by atoms with Gasteiger partial charge in [0.25, 0.3) is 0 Å². The molecule has 0 spiro atoms. The summed E-state index contributed by atoms with van der Waals surface area (Å²) in [5, 5.41) is 7.57. The number of anilines is 1. The van der Waals surface area contributed by atoms with E-state index in [-0.39, 0.29) is 24.4 Å². The molecule has 1 aliphatic heterocycles. The lowest BCUT2D eigenvalue weighted by Crippen LogP contribution is -2.32. The molecule has 4 aromatic rings. The number of aromatic nitrogens is 1. The molecule has 37 heavy (non-hydrogen) atoms. The number of carbonyl (C=O) groups is 1. The first-order valence-corrected chi connectivity index (χ1v) is 12.9. The number of benzene rings is 2. The lowest BCUT2D eigenvalue weighted by molar-refractivity contribution is -0.116. The lowest BCUT2D eigenvalue weighted by atomic mass is 10.0. The normalized spacial score (nSPS) is 17.1. The van der Waals surface area contributed by atoms with Crippen molar-refractivity contribution in [2.75, 3.05) is 11.9 Å². The first kappa shape index (κ1) is 25.0. The smallest absolute Gasteiger partial charge is 0.226 e. The summed E-state index contributed by atoms with van der Waals surface area (Å²) < 4.78 is 6.41. The van der Waals surface area contributed by atoms with Crippen molar-refractivity contribution in [2.24, 2.45) is 0 Å². The van der Waals surface area contributed by atoms with E-state index in [1.165, 1.54) is 0 Å². The van der Waals surface area contributed by atoms with Gasteiger partial charge in [-0.15, -0.1) is 0 Å². The van der Waals surface area contributed by atoms with Gasteiger partial charge in [0.1, 0.15) is 17.6 Å². The van der Waals surface area contributed by atoms with Gasteiger partial charge in [-0.3, -0.25) is 9.78 Å². The molecule has 2 N–H and O–H groups in total. The average molecular weight is 531 g/mol. The van der Waals surface area contributed by atoms with Crippen LogP contribution in [-0.2, 0) is 4.79 Å². The largest absolute Gasteiger partial charge is 0.459 e. The van der Waals surface area contributed by atoms with Gasteiger partial charge < -0.3 is 20.0 Å². The molecule has 5 rings (SSSR count). The Morgan fingerprint density at radius 2 is 1.92 bits per heavy atom. The number of aryl methyl sites for hydroxylation is 2. The van der Waals surface area contributed by atoms with Gasteiger partial charge in [0.05, 0.1) is 11.7 Å². The third kappa shape index (κ3) is 5.53. The van der Waals surface area contributed by atoms with Gasteiger partial charge in [-0.05, 0) is 80.2 Å². The van der Waals surface area contributed by atoms with Crippen molar-refractivity contribution in [1.29, 1.82) is 0 Å². The van der Waals surface area contributed by atoms with E-state index in [0.717, 1.165) is 39.6 Å². The van der Waals surface area contributed by atoms with E-state index in [2.05, 4.69) is 15.6 Å². The molecule has 0 bridgehead atoms. The highest BCUT2D eigenvalue weighted by molar-refractivity contribution is 7.80. The molecule has 6 nitrogen and oxygen atoms in total. The summed E-state index contributed by atoms with van der Waals surface area (Å²) >= 11 is 12.0. The van der Waals surface area contributed by atoms with Crippen LogP contribution in [0.2, 0.25) is 5.02 Å². The monoisotopic (exact) mass is 530 g/mol. The topological polar surface area (TPSA) is 70.4 Å². The van der Waals surface area contributed by atoms with Crippen LogP contribution in [-0.4, -0.2) is 27.4 Å². The average Bonchev–Trinajstić information content (AvgIpc) is 3.50. The second kappa shape index (κ2) is 10.7. The zero-order valence-electron chi connectivity index (χ0n) is 20.6. The van der Waals surface area contributed by atoms with Gasteiger partial charge >= 0.3 is 0 Å². The van der Waals surface area contributed by atoms with Crippen LogP contribution >= 0.6 is 23.8 Å². The Morgan fingerprint density at radius 3 is 2.68 bits per heavy atom. The van der Waals surface area contributed by atoms with Gasteiger partial charge in [0, 0.05) is 35.4 Å². The summed E-state index contributed by atoms with van der Waals surface area (Å²) in [6.07, 6.45) is 2.03. The Labute approximate surface area is 226 Å². The highest BCUT2D eigenvalue weighted by Gasteiger charge is 2.41. The summed E-state index contributed by atoms with van der Waals surface area (Å²) in [6.45, 7) is 4.46. The number of hydrogen-bond acceptors (Lipinski definition) is 4. The highest BCUT2D eigenvalue weighted by atomic mass is 35.5. The van der Waals surface area contributed by atoms with E-state index in [9.17, 15) is 4.79 Å². The summed E-state index contributed by atoms with van der Waals surface area (Å²) in [5.41, 5.74) is 4.76. The fourth-order valence-corrected chi connectivity index (χ4v) is 5.06. The Balaban J connectivity index is 1.41. The Kier molecular flexibility index (Phi) is 7.26. The molecule has 0 saturated carbocycles. The molecule has 0 radical (unpaired) electrons. The fraction of sp³-hybridized carbons (Fsp3) is 0.207. The third-order valence-corrected chi connectivity index (χ3v) is 7.08. The van der Waals surface area contributed by atoms with Crippen molar-refractivity contribution in [3.8, 4) is 11.3 Å². The van der Waals surface area contributed by atoms with Gasteiger partial charge in [0.2, 0.25) is 5.91 Å². The Morgan fingerprint density at radius 1 is 1.11 bits per heavy atom. The molecule has 1 fully saturated rings. The summed E-state index contributed by atoms with van der Waals surface area (Å²) in [4.78, 5) is 19.3. The SMILES string of the molecule is Cc1ccc(NC(=O)CCN2C(=S)N[C@H](c3ccccn3)[C@H]2c2ccc(-c3cc(Cl)ccc3C)o2)cc1. The van der Waals surface area contributed by atoms with Crippen LogP contribution in [0.4, 0.5) is 5.69 Å². The Bertz CT molecular complexity index is 1420. The molecule has 2 atom stereocenters. The predicted octanol–water partition coefficient (Wildman–Crippen LogP) is 6.61. The predicted molar refractivity (Wildman–Crippen MR) is 150 cm³/mol. The molecule has 0 aliphatic carbocycles. The number of carbonyl (C=O) groups excluding carboxylic acids is 1. The second-order valence-corrected chi connectivity index (χ2v) is 9.97. The van der Waals surface area contributed by atoms with Gasteiger partial charge in [-0.1, -0.05) is 41.4 Å². The molecule has 3 heterocycles. The first-order valence-electron chi connectivity index (χ1n) is 12.1. The van der Waals surface area contributed by atoms with E-state index in [0.29, 0.717) is 16.7 Å². The number of nitrogens with zero attached hydrogens (tertiary/aromatic N) is 2. The minimum atomic E-state index is -0.275. The van der Waals surface area contributed by atoms with Crippen molar-refractivity contribution < 1.29 is 9.21 Å². The van der Waals surface area contributed by atoms with Crippen molar-refractivity contribution in [3.63, 3.8) is 0 Å². The molecule has 188 valence electrons. The number of pyridine rings is 1. The van der Waals surface area contributed by atoms with Gasteiger partial charge in [-0.2, -0.15) is 0 Å². The van der Waals surface area contributed by atoms with Gasteiger partial charge in [0.15, 0.2) is 5.11 Å². The van der Waals surface area contributed by atoms with E-state index in [1.807, 2.05) is 91.5 Å². The number of hydrogen-bond donors (Lipinski definition) is 2. The third-order valence-electron chi connectivity index (χ3n) is 6.50. The van der Waals surface area contributed by atoms with Crippen molar-refractivity contribution in [2.45, 2.75) is 32.4 Å². The molecule has 2 aromatic carbocycles. The molecule has 1 saturated heterocycles. The van der Waals surface area contributed by atoms with Crippen LogP contribution in [0, 0.1) is 13.8 Å². The lowest BCUT2D eigenvalue weighted by Gasteiger charge is -2.25. The van der Waals surface area contributed by atoms with Crippen LogP contribution < -0.4 is 10.6 Å². The maximum atomic E-state index is 12.8. The molecule has 0 unspecified atom stereocenters. The molecule has 1 amide bonds. The number of rotatable bonds is 7. The van der Waals surface area contributed by atoms with Crippen LogP contribution in [0.15, 0.2) is 83.4 Å². The zero-order valence-corrected chi connectivity index (χ0v) is 22.1. The number of amides is 1. The van der Waals surface area contributed by atoms with Crippen molar-refractivity contribution >= 4 is 40.5 Å². The van der Waals surface area contributed by atoms with Crippen LogP contribution in [0.25, 0.3) is 11.3 Å². The molecular weight excluding hydrogens is 504 g/mol. The van der Waals surface area contributed by atoms with E-state index >= 15 is 0 Å². The van der Waals surface area contributed by atoms with E-state index in [1.54, 1.807) is 6.20 Å². The number of thiocarbonyl (C=S) groups is 1. The number of nitrogens with one attached hydrogen (secondary N) is 2. The zero-order chi connectivity index (χ0) is 25.9. The summed E-state index contributed by atoms with van der Waals surface area (Å²) in [7, 11) is 0. The quantitative estimate of drug-likeness (QED) is 0.262. The van der Waals surface area contributed by atoms with Crippen LogP contribution in [0.1, 0.15) is 41.1 Å². The van der Waals surface area contributed by atoms with Crippen LogP contribution in [0.3, 0.4) is 0 Å². The van der Waals surface area contributed by atoms with Crippen LogP contribution in [0.5, 0.6) is 0 Å². The Hall–Kier alpha value is -3.68. The first-order chi connectivity index (χ1) is 17.9. The minimum Gasteiger partial charge on any atom is -0.459 e. The van der Waals surface area contributed by atoms with Gasteiger partial charge in [-0.25, -0.2) is 0 Å². The number of halogens is 1. The highest BCUT2D eigenvalue weighted by Crippen LogP contribution is 2.41. The fourth-order valence-electron chi connectivity index (χ4n) is 4.55. The minimum absolute atomic E-state index is 0.0821. The molecular formula is C29H27ClN4O2S. The summed E-state index contributed by atoms with van der Waals surface area (Å²) in [5.74, 6) is 1.38.